The van der Waals surface area contributed by atoms with E-state index in [4.69, 9.17) is 4.74 Å². The molecular formula is C12H15NO3S. The Morgan fingerprint density at radius 2 is 2.41 bits per heavy atom. The summed E-state index contributed by atoms with van der Waals surface area (Å²) in [6.07, 6.45) is 2.76. The van der Waals surface area contributed by atoms with Gasteiger partial charge in [-0.3, -0.25) is 0 Å². The average molecular weight is 253 g/mol. The lowest BCUT2D eigenvalue weighted by atomic mass is 10.2. The molecule has 0 amide bonds. The SMILES string of the molecule is Cc1ccnc(SC2CCOC2C)c1C(=O)O. The standard InChI is InChI=1S/C12H15NO3S/c1-7-3-5-13-11(10(7)12(14)15)17-9-4-6-16-8(9)2/h3,5,8-9H,4,6H2,1-2H3,(H,14,15). The molecule has 1 aromatic heterocycles. The lowest BCUT2D eigenvalue weighted by molar-refractivity contribution is 0.0691. The van der Waals surface area contributed by atoms with Gasteiger partial charge in [0.15, 0.2) is 0 Å². The fraction of sp³-hybridized carbons (Fsp3) is 0.500. The Morgan fingerprint density at radius 3 is 3.00 bits per heavy atom. The highest BCUT2D eigenvalue weighted by molar-refractivity contribution is 8.00. The Hall–Kier alpha value is -1.07. The highest BCUT2D eigenvalue weighted by atomic mass is 32.2. The van der Waals surface area contributed by atoms with Gasteiger partial charge in [0.05, 0.1) is 11.7 Å². The van der Waals surface area contributed by atoms with Gasteiger partial charge in [-0.1, -0.05) is 11.8 Å². The van der Waals surface area contributed by atoms with Crippen LogP contribution in [0.2, 0.25) is 0 Å². The van der Waals surface area contributed by atoms with Gasteiger partial charge in [-0.2, -0.15) is 0 Å². The molecule has 4 nitrogen and oxygen atoms in total. The van der Waals surface area contributed by atoms with Crippen LogP contribution in [-0.2, 0) is 4.74 Å². The molecule has 0 saturated carbocycles. The molecule has 0 bridgehead atoms. The molecule has 1 aliphatic rings. The van der Waals surface area contributed by atoms with Gasteiger partial charge >= 0.3 is 5.97 Å². The zero-order valence-electron chi connectivity index (χ0n) is 9.84. The van der Waals surface area contributed by atoms with E-state index in [9.17, 15) is 9.90 Å². The van der Waals surface area contributed by atoms with Crippen molar-refractivity contribution in [3.05, 3.63) is 23.4 Å². The maximum atomic E-state index is 11.2. The summed E-state index contributed by atoms with van der Waals surface area (Å²) in [7, 11) is 0. The molecule has 1 fully saturated rings. The average Bonchev–Trinajstić information content (AvgIpc) is 2.64. The number of thioether (sulfide) groups is 1. The first kappa shape index (κ1) is 12.4. The number of pyridine rings is 1. The largest absolute Gasteiger partial charge is 0.478 e. The minimum absolute atomic E-state index is 0.156. The molecule has 0 radical (unpaired) electrons. The number of aryl methyl sites for hydroxylation is 1. The van der Waals surface area contributed by atoms with Crippen molar-refractivity contribution >= 4 is 17.7 Å². The van der Waals surface area contributed by atoms with Crippen LogP contribution in [0.25, 0.3) is 0 Å². The van der Waals surface area contributed by atoms with E-state index < -0.39 is 5.97 Å². The predicted octanol–water partition coefficient (Wildman–Crippen LogP) is 2.36. The van der Waals surface area contributed by atoms with Crippen molar-refractivity contribution < 1.29 is 14.6 Å². The quantitative estimate of drug-likeness (QED) is 0.896. The Morgan fingerprint density at radius 1 is 1.65 bits per heavy atom. The van der Waals surface area contributed by atoms with Gasteiger partial charge in [0, 0.05) is 18.1 Å². The highest BCUT2D eigenvalue weighted by Gasteiger charge is 2.27. The van der Waals surface area contributed by atoms with E-state index in [1.54, 1.807) is 19.2 Å². The number of carbonyl (C=O) groups is 1. The number of aromatic carboxylic acids is 1. The van der Waals surface area contributed by atoms with Gasteiger partial charge in [0.2, 0.25) is 0 Å². The summed E-state index contributed by atoms with van der Waals surface area (Å²) in [6, 6.07) is 1.72. The van der Waals surface area contributed by atoms with Crippen molar-refractivity contribution in [2.24, 2.45) is 0 Å². The van der Waals surface area contributed by atoms with Crippen molar-refractivity contribution in [3.8, 4) is 0 Å². The third-order valence-corrected chi connectivity index (χ3v) is 4.36. The predicted molar refractivity (Wildman–Crippen MR) is 65.6 cm³/mol. The summed E-state index contributed by atoms with van der Waals surface area (Å²) in [5.41, 5.74) is 1.07. The normalized spacial score (nSPS) is 23.9. The van der Waals surface area contributed by atoms with Crippen LogP contribution in [0.15, 0.2) is 17.3 Å². The van der Waals surface area contributed by atoms with Gasteiger partial charge < -0.3 is 9.84 Å². The molecule has 0 aromatic carbocycles. The fourth-order valence-corrected chi connectivity index (χ4v) is 3.15. The molecule has 0 aliphatic carbocycles. The first-order valence-corrected chi connectivity index (χ1v) is 6.44. The molecule has 2 rings (SSSR count). The Labute approximate surface area is 104 Å². The van der Waals surface area contributed by atoms with Gasteiger partial charge in [-0.15, -0.1) is 0 Å². The van der Waals surface area contributed by atoms with Crippen LogP contribution in [-0.4, -0.2) is 34.0 Å². The lowest BCUT2D eigenvalue weighted by Crippen LogP contribution is -2.15. The number of carboxylic acids is 1. The number of nitrogens with zero attached hydrogens (tertiary/aromatic N) is 1. The van der Waals surface area contributed by atoms with Crippen LogP contribution in [0.5, 0.6) is 0 Å². The molecule has 17 heavy (non-hydrogen) atoms. The topological polar surface area (TPSA) is 59.4 Å². The number of carboxylic acid groups (broad SMARTS) is 1. The summed E-state index contributed by atoms with van der Waals surface area (Å²) in [4.78, 5) is 15.4. The molecule has 1 aliphatic heterocycles. The van der Waals surface area contributed by atoms with Gasteiger partial charge in [0.1, 0.15) is 5.03 Å². The minimum Gasteiger partial charge on any atom is -0.478 e. The van der Waals surface area contributed by atoms with Crippen LogP contribution in [0.3, 0.4) is 0 Å². The molecule has 1 N–H and O–H groups in total. The number of ether oxygens (including phenoxy) is 1. The smallest absolute Gasteiger partial charge is 0.338 e. The van der Waals surface area contributed by atoms with Crippen molar-refractivity contribution in [3.63, 3.8) is 0 Å². The molecule has 0 spiro atoms. The van der Waals surface area contributed by atoms with Crippen LogP contribution in [0.4, 0.5) is 0 Å². The van der Waals surface area contributed by atoms with E-state index >= 15 is 0 Å². The van der Waals surface area contributed by atoms with E-state index in [2.05, 4.69) is 4.98 Å². The molecule has 1 aromatic rings. The van der Waals surface area contributed by atoms with E-state index in [0.29, 0.717) is 15.8 Å². The number of rotatable bonds is 3. The Bertz CT molecular complexity index is 436. The van der Waals surface area contributed by atoms with Crippen LogP contribution < -0.4 is 0 Å². The number of aromatic nitrogens is 1. The second-order valence-corrected chi connectivity index (χ2v) is 5.36. The number of hydrogen-bond donors (Lipinski definition) is 1. The Balaban J connectivity index is 2.26. The molecule has 2 heterocycles. The first-order chi connectivity index (χ1) is 8.09. The molecule has 92 valence electrons. The summed E-state index contributed by atoms with van der Waals surface area (Å²) in [5, 5.41) is 10.1. The molecule has 5 heteroatoms. The van der Waals surface area contributed by atoms with Crippen LogP contribution in [0, 0.1) is 6.92 Å². The number of hydrogen-bond acceptors (Lipinski definition) is 4. The van der Waals surface area contributed by atoms with Crippen molar-refractivity contribution in [2.45, 2.75) is 36.6 Å². The second kappa shape index (κ2) is 5.06. The molecular weight excluding hydrogens is 238 g/mol. The summed E-state index contributed by atoms with van der Waals surface area (Å²) >= 11 is 1.51. The zero-order chi connectivity index (χ0) is 12.4. The monoisotopic (exact) mass is 253 g/mol. The lowest BCUT2D eigenvalue weighted by Gasteiger charge is -2.14. The first-order valence-electron chi connectivity index (χ1n) is 5.56. The molecule has 1 saturated heterocycles. The fourth-order valence-electron chi connectivity index (χ4n) is 1.89. The van der Waals surface area contributed by atoms with Gasteiger partial charge in [-0.05, 0) is 31.9 Å². The maximum absolute atomic E-state index is 11.2. The zero-order valence-corrected chi connectivity index (χ0v) is 10.7. The minimum atomic E-state index is -0.912. The second-order valence-electron chi connectivity index (χ2n) is 4.13. The summed E-state index contributed by atoms with van der Waals surface area (Å²) < 4.78 is 5.47. The Kier molecular flexibility index (Phi) is 3.69. The third-order valence-electron chi connectivity index (χ3n) is 2.91. The summed E-state index contributed by atoms with van der Waals surface area (Å²) in [5.74, 6) is -0.912. The van der Waals surface area contributed by atoms with E-state index in [1.807, 2.05) is 6.92 Å². The van der Waals surface area contributed by atoms with Crippen molar-refractivity contribution in [1.82, 2.24) is 4.98 Å². The van der Waals surface area contributed by atoms with Crippen molar-refractivity contribution in [1.29, 1.82) is 0 Å². The highest BCUT2D eigenvalue weighted by Crippen LogP contribution is 2.33. The van der Waals surface area contributed by atoms with E-state index in [-0.39, 0.29) is 6.10 Å². The maximum Gasteiger partial charge on any atom is 0.338 e. The molecule has 2 unspecified atom stereocenters. The van der Waals surface area contributed by atoms with Crippen LogP contribution >= 0.6 is 11.8 Å². The van der Waals surface area contributed by atoms with E-state index in [1.165, 1.54) is 11.8 Å². The van der Waals surface area contributed by atoms with E-state index in [0.717, 1.165) is 18.6 Å². The van der Waals surface area contributed by atoms with Gasteiger partial charge in [0.25, 0.3) is 0 Å². The molecule has 2 atom stereocenters. The summed E-state index contributed by atoms with van der Waals surface area (Å²) in [6.45, 7) is 4.55. The van der Waals surface area contributed by atoms with Crippen LogP contribution in [0.1, 0.15) is 29.3 Å². The van der Waals surface area contributed by atoms with Crippen molar-refractivity contribution in [2.75, 3.05) is 6.61 Å². The third kappa shape index (κ3) is 2.61. The van der Waals surface area contributed by atoms with Gasteiger partial charge in [-0.25, -0.2) is 9.78 Å².